The van der Waals surface area contributed by atoms with Crippen LogP contribution in [0.1, 0.15) is 11.1 Å². The minimum Gasteiger partial charge on any atom is -0.497 e. The number of hydrogen-bond acceptors (Lipinski definition) is 9. The molecular formula is C20H23N7O3S. The molecule has 0 unspecified atom stereocenters. The van der Waals surface area contributed by atoms with Crippen molar-refractivity contribution in [2.75, 3.05) is 31.2 Å². The van der Waals surface area contributed by atoms with E-state index < -0.39 is 0 Å². The van der Waals surface area contributed by atoms with E-state index in [1.54, 1.807) is 20.4 Å². The second-order valence-electron chi connectivity index (χ2n) is 6.23. The van der Waals surface area contributed by atoms with Gasteiger partial charge in [0, 0.05) is 6.54 Å². The number of rotatable bonds is 10. The van der Waals surface area contributed by atoms with Crippen LogP contribution in [0.3, 0.4) is 0 Å². The molecule has 0 bridgehead atoms. The van der Waals surface area contributed by atoms with Crippen molar-refractivity contribution >= 4 is 29.8 Å². The molecule has 31 heavy (non-hydrogen) atoms. The molecule has 0 fully saturated rings. The van der Waals surface area contributed by atoms with Crippen molar-refractivity contribution in [1.29, 1.82) is 0 Å². The van der Waals surface area contributed by atoms with Gasteiger partial charge in [0.15, 0.2) is 0 Å². The van der Waals surface area contributed by atoms with E-state index in [0.29, 0.717) is 11.7 Å². The van der Waals surface area contributed by atoms with Crippen molar-refractivity contribution in [3.05, 3.63) is 59.7 Å². The molecule has 2 aromatic carbocycles. The molecule has 4 N–H and O–H groups in total. The minimum atomic E-state index is -0.143. The number of nitrogens with zero attached hydrogens (tertiary/aromatic N) is 4. The fourth-order valence-corrected chi connectivity index (χ4v) is 3.12. The number of hydrogen-bond donors (Lipinski definition) is 3. The van der Waals surface area contributed by atoms with Crippen LogP contribution in [0, 0.1) is 0 Å². The number of hydrazone groups is 1. The molecule has 10 nitrogen and oxygen atoms in total. The van der Waals surface area contributed by atoms with Crippen LogP contribution in [0.4, 0.5) is 5.95 Å². The lowest BCUT2D eigenvalue weighted by atomic mass is 10.2. The van der Waals surface area contributed by atoms with Gasteiger partial charge in [0.05, 0.1) is 26.2 Å². The summed E-state index contributed by atoms with van der Waals surface area (Å²) >= 11 is 1.18. The maximum atomic E-state index is 12.1. The second kappa shape index (κ2) is 10.9. The Morgan fingerprint density at radius 2 is 1.74 bits per heavy atom. The maximum absolute atomic E-state index is 12.1. The van der Waals surface area contributed by atoms with Gasteiger partial charge in [-0.1, -0.05) is 23.9 Å². The van der Waals surface area contributed by atoms with E-state index in [9.17, 15) is 4.79 Å². The summed E-state index contributed by atoms with van der Waals surface area (Å²) in [7, 11) is 3.22. The van der Waals surface area contributed by atoms with E-state index in [4.69, 9.17) is 15.3 Å². The number of benzene rings is 2. The number of anilines is 1. The van der Waals surface area contributed by atoms with Gasteiger partial charge >= 0.3 is 0 Å². The third kappa shape index (κ3) is 6.37. The Bertz CT molecular complexity index is 1020. The van der Waals surface area contributed by atoms with Crippen molar-refractivity contribution < 1.29 is 14.3 Å². The molecule has 0 saturated heterocycles. The SMILES string of the molecule is COc1ccc(/C=N/Nc2nnc(SCC(=O)NCc3ccc(OC)cc3)n2N)cc1. The van der Waals surface area contributed by atoms with Crippen molar-refractivity contribution in [3.63, 3.8) is 0 Å². The van der Waals surface area contributed by atoms with Gasteiger partial charge < -0.3 is 20.6 Å². The van der Waals surface area contributed by atoms with Crippen LogP contribution in [-0.2, 0) is 11.3 Å². The Morgan fingerprint density at radius 3 is 2.39 bits per heavy atom. The van der Waals surface area contributed by atoms with E-state index >= 15 is 0 Å². The first-order valence-electron chi connectivity index (χ1n) is 9.25. The van der Waals surface area contributed by atoms with E-state index in [1.807, 2.05) is 48.5 Å². The van der Waals surface area contributed by atoms with E-state index in [1.165, 1.54) is 16.4 Å². The Balaban J connectivity index is 1.45. The van der Waals surface area contributed by atoms with Crippen molar-refractivity contribution in [1.82, 2.24) is 20.2 Å². The first-order valence-corrected chi connectivity index (χ1v) is 10.2. The molecule has 0 aliphatic rings. The molecule has 0 atom stereocenters. The Kier molecular flexibility index (Phi) is 7.71. The molecule has 1 heterocycles. The third-order valence-corrected chi connectivity index (χ3v) is 5.08. The Labute approximate surface area is 183 Å². The first kappa shape index (κ1) is 22.0. The predicted octanol–water partition coefficient (Wildman–Crippen LogP) is 1.86. The second-order valence-corrected chi connectivity index (χ2v) is 7.18. The monoisotopic (exact) mass is 441 g/mol. The number of ether oxygens (including phenoxy) is 2. The molecule has 3 aromatic rings. The lowest BCUT2D eigenvalue weighted by Crippen LogP contribution is -2.25. The van der Waals surface area contributed by atoms with Gasteiger partial charge in [0.25, 0.3) is 5.95 Å². The average molecular weight is 442 g/mol. The fraction of sp³-hybridized carbons (Fsp3) is 0.200. The zero-order valence-electron chi connectivity index (χ0n) is 17.1. The molecule has 11 heteroatoms. The number of amides is 1. The van der Waals surface area contributed by atoms with Gasteiger partial charge in [-0.2, -0.15) is 5.10 Å². The predicted molar refractivity (Wildman–Crippen MR) is 120 cm³/mol. The number of nitrogens with one attached hydrogen (secondary N) is 2. The van der Waals surface area contributed by atoms with E-state index in [0.717, 1.165) is 22.6 Å². The number of methoxy groups -OCH3 is 2. The number of carbonyl (C=O) groups excluding carboxylic acids is 1. The zero-order chi connectivity index (χ0) is 22.1. The highest BCUT2D eigenvalue weighted by atomic mass is 32.2. The highest BCUT2D eigenvalue weighted by Gasteiger charge is 2.12. The molecule has 0 spiro atoms. The number of carbonyl (C=O) groups is 1. The summed E-state index contributed by atoms with van der Waals surface area (Å²) in [6, 6.07) is 14.9. The molecule has 3 rings (SSSR count). The minimum absolute atomic E-state index is 0.143. The highest BCUT2D eigenvalue weighted by Crippen LogP contribution is 2.17. The summed E-state index contributed by atoms with van der Waals surface area (Å²) in [6.07, 6.45) is 1.62. The molecule has 0 saturated carbocycles. The fourth-order valence-electron chi connectivity index (χ4n) is 2.43. The third-order valence-electron chi connectivity index (χ3n) is 4.14. The average Bonchev–Trinajstić information content (AvgIpc) is 3.16. The van der Waals surface area contributed by atoms with Crippen molar-refractivity contribution in [3.8, 4) is 11.5 Å². The van der Waals surface area contributed by atoms with Gasteiger partial charge in [-0.15, -0.1) is 10.2 Å². The van der Waals surface area contributed by atoms with Crippen LogP contribution in [0.25, 0.3) is 0 Å². The first-order chi connectivity index (χ1) is 15.1. The van der Waals surface area contributed by atoms with Gasteiger partial charge in [0.1, 0.15) is 11.5 Å². The summed E-state index contributed by atoms with van der Waals surface area (Å²) in [5, 5.41) is 15.3. The molecule has 0 aliphatic carbocycles. The molecule has 162 valence electrons. The van der Waals surface area contributed by atoms with Gasteiger partial charge in [-0.3, -0.25) is 4.79 Å². The lowest BCUT2D eigenvalue weighted by molar-refractivity contribution is -0.118. The molecule has 1 amide bonds. The largest absolute Gasteiger partial charge is 0.497 e. The number of aromatic nitrogens is 3. The molecule has 1 aromatic heterocycles. The lowest BCUT2D eigenvalue weighted by Gasteiger charge is -2.06. The van der Waals surface area contributed by atoms with Gasteiger partial charge in [-0.05, 0) is 47.5 Å². The number of thioether (sulfide) groups is 1. The van der Waals surface area contributed by atoms with Crippen LogP contribution in [0.2, 0.25) is 0 Å². The normalized spacial score (nSPS) is 10.8. The van der Waals surface area contributed by atoms with Crippen LogP contribution >= 0.6 is 11.8 Å². The van der Waals surface area contributed by atoms with Crippen LogP contribution < -0.4 is 26.1 Å². The van der Waals surface area contributed by atoms with Crippen LogP contribution in [-0.4, -0.2) is 47.0 Å². The summed E-state index contributed by atoms with van der Waals surface area (Å²) in [4.78, 5) is 12.1. The van der Waals surface area contributed by atoms with Crippen molar-refractivity contribution in [2.24, 2.45) is 5.10 Å². The van der Waals surface area contributed by atoms with Crippen LogP contribution in [0.15, 0.2) is 58.8 Å². The van der Waals surface area contributed by atoms with E-state index in [2.05, 4.69) is 26.0 Å². The number of nitrogens with two attached hydrogens (primary N) is 1. The summed E-state index contributed by atoms with van der Waals surface area (Å²) in [5.74, 6) is 7.77. The van der Waals surface area contributed by atoms with Gasteiger partial charge in [-0.25, -0.2) is 10.1 Å². The zero-order valence-corrected chi connectivity index (χ0v) is 17.9. The Morgan fingerprint density at radius 1 is 1.10 bits per heavy atom. The Hall–Kier alpha value is -3.73. The molecule has 0 radical (unpaired) electrons. The summed E-state index contributed by atoms with van der Waals surface area (Å²) in [5.41, 5.74) is 4.58. The van der Waals surface area contributed by atoms with Gasteiger partial charge in [0.2, 0.25) is 11.1 Å². The van der Waals surface area contributed by atoms with Crippen molar-refractivity contribution in [2.45, 2.75) is 11.7 Å². The number of nitrogen functional groups attached to an aromatic ring is 1. The summed E-state index contributed by atoms with van der Waals surface area (Å²) in [6.45, 7) is 0.422. The summed E-state index contributed by atoms with van der Waals surface area (Å²) < 4.78 is 11.5. The topological polar surface area (TPSA) is 129 Å². The van der Waals surface area contributed by atoms with Crippen LogP contribution in [0.5, 0.6) is 11.5 Å². The highest BCUT2D eigenvalue weighted by molar-refractivity contribution is 7.99. The quantitative estimate of drug-likeness (QED) is 0.188. The molecular weight excluding hydrogens is 418 g/mol. The molecule has 0 aliphatic heterocycles. The van der Waals surface area contributed by atoms with E-state index in [-0.39, 0.29) is 17.6 Å². The maximum Gasteiger partial charge on any atom is 0.264 e. The smallest absolute Gasteiger partial charge is 0.264 e. The standard InChI is InChI=1S/C20H23N7O3S/c1-29-16-7-3-14(4-8-16)11-22-18(28)13-31-20-26-25-19(27(20)21)24-23-12-15-5-9-17(30-2)10-6-15/h3-10,12H,11,13,21H2,1-2H3,(H,22,28)(H,24,25)/b23-12+.